The predicted molar refractivity (Wildman–Crippen MR) is 114 cm³/mol. The average molecular weight is 454 g/mol. The van der Waals surface area contributed by atoms with E-state index in [9.17, 15) is 20.4 Å². The van der Waals surface area contributed by atoms with Gasteiger partial charge in [-0.15, -0.1) is 0 Å². The zero-order valence-electron chi connectivity index (χ0n) is 19.6. The number of piperidine rings is 1. The highest BCUT2D eigenvalue weighted by Gasteiger charge is 2.87. The van der Waals surface area contributed by atoms with Gasteiger partial charge in [-0.25, -0.2) is 0 Å². The summed E-state index contributed by atoms with van der Waals surface area (Å²) in [4.78, 5) is 2.42. The summed E-state index contributed by atoms with van der Waals surface area (Å²) in [6, 6.07) is -0.120. The number of ether oxygens (including phenoxy) is 3. The maximum Gasteiger partial charge on any atom is 0.110 e. The smallest absolute Gasteiger partial charge is 0.110 e. The second kappa shape index (κ2) is 6.88. The van der Waals surface area contributed by atoms with E-state index in [4.69, 9.17) is 14.2 Å². The summed E-state index contributed by atoms with van der Waals surface area (Å²) in [7, 11) is 4.98. The zero-order chi connectivity index (χ0) is 22.8. The lowest BCUT2D eigenvalue weighted by molar-refractivity contribution is -0.297. The molecule has 1 heterocycles. The number of aliphatic hydroxyl groups excluding tert-OH is 3. The molecule has 1 spiro atoms. The fourth-order valence-electron chi connectivity index (χ4n) is 10.7. The molecule has 182 valence electrons. The van der Waals surface area contributed by atoms with Gasteiger partial charge < -0.3 is 34.6 Å². The monoisotopic (exact) mass is 453 g/mol. The quantitative estimate of drug-likeness (QED) is 0.440. The maximum absolute atomic E-state index is 12.5. The van der Waals surface area contributed by atoms with E-state index in [0.29, 0.717) is 19.4 Å². The van der Waals surface area contributed by atoms with Crippen LogP contribution in [0.3, 0.4) is 0 Å². The minimum Gasteiger partial charge on any atom is -0.392 e. The third-order valence-electron chi connectivity index (χ3n) is 11.2. The van der Waals surface area contributed by atoms with Gasteiger partial charge in [0.05, 0.1) is 31.0 Å². The maximum atomic E-state index is 12.5. The van der Waals surface area contributed by atoms with Gasteiger partial charge in [-0.2, -0.15) is 0 Å². The molecule has 4 N–H and O–H groups in total. The highest BCUT2D eigenvalue weighted by Crippen LogP contribution is 2.79. The van der Waals surface area contributed by atoms with E-state index in [-0.39, 0.29) is 35.3 Å². The molecule has 1 saturated heterocycles. The van der Waals surface area contributed by atoms with E-state index in [0.717, 1.165) is 19.5 Å². The molecule has 8 heteroatoms. The first-order chi connectivity index (χ1) is 15.3. The molecule has 0 aromatic heterocycles. The van der Waals surface area contributed by atoms with Crippen LogP contribution < -0.4 is 0 Å². The molecule has 0 amide bonds. The molecule has 8 nitrogen and oxygen atoms in total. The molecule has 6 fully saturated rings. The minimum absolute atomic E-state index is 0.000250. The standard InChI is InChI=1S/C24H39NO7/c1-5-25-9-22(10-30-2)7-6-13(26)23-12-8-11-16(27)14(12)24(29,21(28)17(11)31-3)15(20(23)25)18(32-4)19(22)23/h11-21,26-29H,5-10H2,1-4H3/t11?,12-,13?,14-,15?,16+,17-,18?,19+,20?,21+,22+,23?,24-/m1/s1. The third kappa shape index (κ3) is 2.07. The number of rotatable bonds is 5. The fraction of sp³-hybridized carbons (Fsp3) is 1.00. The lowest BCUT2D eigenvalue weighted by Gasteiger charge is -2.69. The van der Waals surface area contributed by atoms with Crippen LogP contribution in [0.1, 0.15) is 26.2 Å². The molecule has 6 aliphatic rings. The van der Waals surface area contributed by atoms with Crippen LogP contribution in [-0.4, -0.2) is 109 Å². The van der Waals surface area contributed by atoms with Gasteiger partial charge in [-0.1, -0.05) is 6.92 Å². The normalized spacial score (nSPS) is 62.4. The number of methoxy groups -OCH3 is 3. The summed E-state index contributed by atoms with van der Waals surface area (Å²) in [5, 5.41) is 47.3. The van der Waals surface area contributed by atoms with Gasteiger partial charge in [0.25, 0.3) is 0 Å². The predicted octanol–water partition coefficient (Wildman–Crippen LogP) is -0.527. The van der Waals surface area contributed by atoms with Gasteiger partial charge in [-0.3, -0.25) is 4.90 Å². The molecule has 6 rings (SSSR count). The van der Waals surface area contributed by atoms with E-state index in [1.807, 2.05) is 0 Å². The number of hydrogen-bond donors (Lipinski definition) is 4. The van der Waals surface area contributed by atoms with Crippen LogP contribution in [0.5, 0.6) is 0 Å². The Morgan fingerprint density at radius 1 is 1.03 bits per heavy atom. The Morgan fingerprint density at radius 3 is 2.38 bits per heavy atom. The van der Waals surface area contributed by atoms with Crippen LogP contribution in [0, 0.1) is 40.4 Å². The first-order valence-electron chi connectivity index (χ1n) is 12.3. The first-order valence-corrected chi connectivity index (χ1v) is 12.3. The van der Waals surface area contributed by atoms with Gasteiger partial charge in [0.2, 0.25) is 0 Å². The van der Waals surface area contributed by atoms with E-state index in [1.165, 1.54) is 0 Å². The molecular weight excluding hydrogens is 414 g/mol. The van der Waals surface area contributed by atoms with Crippen molar-refractivity contribution in [2.75, 3.05) is 41.0 Å². The largest absolute Gasteiger partial charge is 0.392 e. The van der Waals surface area contributed by atoms with Gasteiger partial charge in [0.1, 0.15) is 11.7 Å². The van der Waals surface area contributed by atoms with Crippen molar-refractivity contribution in [1.29, 1.82) is 0 Å². The lowest BCUT2D eigenvalue weighted by atomic mass is 9.43. The van der Waals surface area contributed by atoms with Crippen LogP contribution in [0.15, 0.2) is 0 Å². The van der Waals surface area contributed by atoms with Crippen molar-refractivity contribution in [3.63, 3.8) is 0 Å². The Bertz CT molecular complexity index is 783. The molecule has 6 unspecified atom stereocenters. The number of hydrogen-bond acceptors (Lipinski definition) is 8. The molecule has 1 aliphatic heterocycles. The molecule has 5 saturated carbocycles. The van der Waals surface area contributed by atoms with Crippen molar-refractivity contribution in [2.24, 2.45) is 40.4 Å². The van der Waals surface area contributed by atoms with Crippen molar-refractivity contribution in [3.05, 3.63) is 0 Å². The van der Waals surface area contributed by atoms with Crippen molar-refractivity contribution in [3.8, 4) is 0 Å². The van der Waals surface area contributed by atoms with Crippen LogP contribution in [0.2, 0.25) is 0 Å². The number of fused-ring (bicyclic) bond motifs is 2. The summed E-state index contributed by atoms with van der Waals surface area (Å²) in [5.41, 5.74) is -2.24. The van der Waals surface area contributed by atoms with E-state index < -0.39 is 47.3 Å². The minimum atomic E-state index is -1.54. The topological polar surface area (TPSA) is 112 Å². The van der Waals surface area contributed by atoms with Gasteiger partial charge >= 0.3 is 0 Å². The van der Waals surface area contributed by atoms with Gasteiger partial charge in [-0.05, 0) is 31.7 Å². The van der Waals surface area contributed by atoms with Crippen LogP contribution >= 0.6 is 0 Å². The molecule has 5 aliphatic carbocycles. The number of nitrogens with zero attached hydrogens (tertiary/aromatic N) is 1. The second-order valence-electron chi connectivity index (χ2n) is 11.6. The molecule has 14 atom stereocenters. The Hall–Kier alpha value is -0.320. The van der Waals surface area contributed by atoms with Crippen molar-refractivity contribution in [1.82, 2.24) is 4.90 Å². The molecule has 32 heavy (non-hydrogen) atoms. The SMILES string of the molecule is CCN1C[C@]2(COC)CCC(O)C34C1C(C(OC)[C@H]32)[C@]1(O)[C@@H]2[C@H]4CC([C@@H](OC)[C@@H]1O)[C@@H]2O. The number of aliphatic hydroxyl groups is 4. The summed E-state index contributed by atoms with van der Waals surface area (Å²) in [6.45, 7) is 4.33. The zero-order valence-corrected chi connectivity index (χ0v) is 19.6. The van der Waals surface area contributed by atoms with Crippen LogP contribution in [0.4, 0.5) is 0 Å². The van der Waals surface area contributed by atoms with Crippen molar-refractivity contribution < 1.29 is 34.6 Å². The Morgan fingerprint density at radius 2 is 1.75 bits per heavy atom. The third-order valence-corrected chi connectivity index (χ3v) is 11.2. The van der Waals surface area contributed by atoms with Crippen molar-refractivity contribution >= 4 is 0 Å². The van der Waals surface area contributed by atoms with Crippen LogP contribution in [-0.2, 0) is 14.2 Å². The average Bonchev–Trinajstić information content (AvgIpc) is 3.19. The summed E-state index contributed by atoms with van der Waals surface area (Å²) in [5.74, 6) is -1.29. The molecular formula is C24H39NO7. The molecule has 0 radical (unpaired) electrons. The molecule has 7 bridgehead atoms. The first kappa shape index (κ1) is 22.2. The lowest BCUT2D eigenvalue weighted by Crippen LogP contribution is -2.78. The Balaban J connectivity index is 1.64. The Kier molecular flexibility index (Phi) is 4.76. The van der Waals surface area contributed by atoms with E-state index >= 15 is 0 Å². The summed E-state index contributed by atoms with van der Waals surface area (Å²) in [6.07, 6.45) is -1.22. The van der Waals surface area contributed by atoms with E-state index in [1.54, 1.807) is 21.3 Å². The highest BCUT2D eigenvalue weighted by atomic mass is 16.5. The summed E-state index contributed by atoms with van der Waals surface area (Å²) >= 11 is 0. The highest BCUT2D eigenvalue weighted by molar-refractivity contribution is 5.36. The van der Waals surface area contributed by atoms with Gasteiger partial charge in [0, 0.05) is 68.4 Å². The second-order valence-corrected chi connectivity index (χ2v) is 11.6. The summed E-state index contributed by atoms with van der Waals surface area (Å²) < 4.78 is 17.7. The number of likely N-dealkylation sites (tertiary alicyclic amines) is 1. The van der Waals surface area contributed by atoms with Crippen molar-refractivity contribution in [2.45, 2.75) is 68.3 Å². The fourth-order valence-corrected chi connectivity index (χ4v) is 10.7. The van der Waals surface area contributed by atoms with Gasteiger partial charge in [0.15, 0.2) is 0 Å². The Labute approximate surface area is 189 Å². The molecule has 0 aromatic carbocycles. The molecule has 0 aromatic rings. The van der Waals surface area contributed by atoms with Crippen LogP contribution in [0.25, 0.3) is 0 Å². The van der Waals surface area contributed by atoms with E-state index in [2.05, 4.69) is 11.8 Å².